The Morgan fingerprint density at radius 2 is 2.00 bits per heavy atom. The first-order valence-electron chi connectivity index (χ1n) is 9.16. The molecule has 0 aliphatic heterocycles. The topological polar surface area (TPSA) is 67.4 Å². The molecule has 6 nitrogen and oxygen atoms in total. The highest BCUT2D eigenvalue weighted by Gasteiger charge is 2.04. The number of nitrogens with one attached hydrogen (secondary N) is 2. The SMILES string of the molecule is CCNC(=NCc1cc2ccccc2o1)NCCCn1nc(C)cc1C.I. The van der Waals surface area contributed by atoms with E-state index in [4.69, 9.17) is 4.42 Å². The van der Waals surface area contributed by atoms with Crippen LogP contribution in [0.2, 0.25) is 0 Å². The van der Waals surface area contributed by atoms with Gasteiger partial charge in [0.1, 0.15) is 17.9 Å². The summed E-state index contributed by atoms with van der Waals surface area (Å²) in [6, 6.07) is 12.2. The molecule has 146 valence electrons. The molecule has 0 radical (unpaired) electrons. The van der Waals surface area contributed by atoms with Gasteiger partial charge < -0.3 is 15.1 Å². The minimum atomic E-state index is 0. The highest BCUT2D eigenvalue weighted by molar-refractivity contribution is 14.0. The number of aromatic nitrogens is 2. The van der Waals surface area contributed by atoms with E-state index in [2.05, 4.69) is 51.4 Å². The molecule has 0 atom stereocenters. The molecule has 0 aliphatic carbocycles. The molecule has 7 heteroatoms. The summed E-state index contributed by atoms with van der Waals surface area (Å²) < 4.78 is 7.87. The quantitative estimate of drug-likeness (QED) is 0.232. The monoisotopic (exact) mass is 481 g/mol. The Morgan fingerprint density at radius 3 is 2.70 bits per heavy atom. The van der Waals surface area contributed by atoms with E-state index in [9.17, 15) is 0 Å². The lowest BCUT2D eigenvalue weighted by Gasteiger charge is -2.11. The number of aliphatic imine (C=N–C) groups is 1. The van der Waals surface area contributed by atoms with Gasteiger partial charge in [0.2, 0.25) is 0 Å². The number of fused-ring (bicyclic) bond motifs is 1. The van der Waals surface area contributed by atoms with Crippen LogP contribution in [0.1, 0.15) is 30.5 Å². The Labute approximate surface area is 177 Å². The Kier molecular flexibility index (Phi) is 8.15. The zero-order valence-corrected chi connectivity index (χ0v) is 18.5. The van der Waals surface area contributed by atoms with Crippen LogP contribution in [0.15, 0.2) is 45.8 Å². The van der Waals surface area contributed by atoms with Crippen molar-refractivity contribution in [2.75, 3.05) is 13.1 Å². The summed E-state index contributed by atoms with van der Waals surface area (Å²) in [5, 5.41) is 12.3. The zero-order valence-electron chi connectivity index (χ0n) is 16.2. The molecule has 2 heterocycles. The van der Waals surface area contributed by atoms with Gasteiger partial charge in [-0.25, -0.2) is 4.99 Å². The van der Waals surface area contributed by atoms with E-state index in [0.717, 1.165) is 54.4 Å². The molecule has 1 aromatic carbocycles. The third-order valence-electron chi connectivity index (χ3n) is 4.16. The van der Waals surface area contributed by atoms with Crippen molar-refractivity contribution in [2.45, 2.75) is 40.3 Å². The van der Waals surface area contributed by atoms with Crippen molar-refractivity contribution in [3.63, 3.8) is 0 Å². The number of rotatable bonds is 7. The maximum atomic E-state index is 5.82. The molecule has 3 rings (SSSR count). The number of para-hydroxylation sites is 1. The van der Waals surface area contributed by atoms with E-state index in [1.54, 1.807) is 0 Å². The normalized spacial score (nSPS) is 11.4. The van der Waals surface area contributed by atoms with Gasteiger partial charge in [-0.2, -0.15) is 5.10 Å². The number of hydrogen-bond acceptors (Lipinski definition) is 3. The smallest absolute Gasteiger partial charge is 0.191 e. The van der Waals surface area contributed by atoms with Gasteiger partial charge >= 0.3 is 0 Å². The van der Waals surface area contributed by atoms with Gasteiger partial charge in [0.15, 0.2) is 5.96 Å². The molecule has 3 aromatic rings. The van der Waals surface area contributed by atoms with Crippen LogP contribution in [-0.4, -0.2) is 28.8 Å². The molecular formula is C20H28IN5O. The number of halogens is 1. The first-order chi connectivity index (χ1) is 12.7. The summed E-state index contributed by atoms with van der Waals surface area (Å²) >= 11 is 0. The van der Waals surface area contributed by atoms with E-state index in [-0.39, 0.29) is 24.0 Å². The highest BCUT2D eigenvalue weighted by atomic mass is 127. The van der Waals surface area contributed by atoms with Crippen molar-refractivity contribution < 1.29 is 4.42 Å². The number of nitrogens with zero attached hydrogens (tertiary/aromatic N) is 3. The molecular weight excluding hydrogens is 453 g/mol. The molecule has 2 aromatic heterocycles. The summed E-state index contributed by atoms with van der Waals surface area (Å²) in [7, 11) is 0. The predicted octanol–water partition coefficient (Wildman–Crippen LogP) is 4.01. The van der Waals surface area contributed by atoms with Gasteiger partial charge in [0, 0.05) is 30.7 Å². The van der Waals surface area contributed by atoms with Crippen LogP contribution >= 0.6 is 24.0 Å². The largest absolute Gasteiger partial charge is 0.459 e. The van der Waals surface area contributed by atoms with E-state index >= 15 is 0 Å². The average Bonchev–Trinajstić information content (AvgIpc) is 3.18. The first-order valence-corrected chi connectivity index (χ1v) is 9.16. The third kappa shape index (κ3) is 5.98. The minimum absolute atomic E-state index is 0. The second-order valence-electron chi connectivity index (χ2n) is 6.38. The summed E-state index contributed by atoms with van der Waals surface area (Å²) in [6.45, 7) is 9.25. The summed E-state index contributed by atoms with van der Waals surface area (Å²) in [4.78, 5) is 4.62. The lowest BCUT2D eigenvalue weighted by atomic mass is 10.2. The Hall–Kier alpha value is -2.03. The van der Waals surface area contributed by atoms with Crippen molar-refractivity contribution in [3.05, 3.63) is 53.5 Å². The van der Waals surface area contributed by atoms with Gasteiger partial charge in [0.25, 0.3) is 0 Å². The van der Waals surface area contributed by atoms with Crippen LogP contribution < -0.4 is 10.6 Å². The fourth-order valence-corrected chi connectivity index (χ4v) is 2.95. The van der Waals surface area contributed by atoms with Crippen LogP contribution in [0.4, 0.5) is 0 Å². The number of aryl methyl sites for hydroxylation is 3. The summed E-state index contributed by atoms with van der Waals surface area (Å²) in [6.07, 6.45) is 0.983. The lowest BCUT2D eigenvalue weighted by Crippen LogP contribution is -2.38. The molecule has 0 aliphatic rings. The van der Waals surface area contributed by atoms with Gasteiger partial charge in [-0.05, 0) is 45.4 Å². The van der Waals surface area contributed by atoms with Crippen molar-refractivity contribution in [1.29, 1.82) is 0 Å². The van der Waals surface area contributed by atoms with E-state index in [1.165, 1.54) is 5.69 Å². The molecule has 0 unspecified atom stereocenters. The van der Waals surface area contributed by atoms with Crippen LogP contribution in [-0.2, 0) is 13.1 Å². The zero-order chi connectivity index (χ0) is 18.4. The van der Waals surface area contributed by atoms with E-state index in [1.807, 2.05) is 31.2 Å². The molecule has 2 N–H and O–H groups in total. The highest BCUT2D eigenvalue weighted by Crippen LogP contribution is 2.19. The Morgan fingerprint density at radius 1 is 1.19 bits per heavy atom. The van der Waals surface area contributed by atoms with Crippen LogP contribution in [0.25, 0.3) is 11.0 Å². The fraction of sp³-hybridized carbons (Fsp3) is 0.400. The molecule has 0 saturated carbocycles. The van der Waals surface area contributed by atoms with E-state index < -0.39 is 0 Å². The number of hydrogen-bond donors (Lipinski definition) is 2. The Balaban J connectivity index is 0.00000261. The van der Waals surface area contributed by atoms with Gasteiger partial charge in [0.05, 0.1) is 5.69 Å². The summed E-state index contributed by atoms with van der Waals surface area (Å²) in [5.41, 5.74) is 3.17. The van der Waals surface area contributed by atoms with Crippen LogP contribution in [0.3, 0.4) is 0 Å². The third-order valence-corrected chi connectivity index (χ3v) is 4.16. The van der Waals surface area contributed by atoms with Crippen molar-refractivity contribution in [3.8, 4) is 0 Å². The molecule has 0 spiro atoms. The molecule has 0 fully saturated rings. The van der Waals surface area contributed by atoms with Gasteiger partial charge in [-0.3, -0.25) is 4.68 Å². The fourth-order valence-electron chi connectivity index (χ4n) is 2.95. The molecule has 27 heavy (non-hydrogen) atoms. The van der Waals surface area contributed by atoms with Crippen LogP contribution in [0, 0.1) is 13.8 Å². The standard InChI is InChI=1S/C20H27N5O.HI/c1-4-21-20(22-10-7-11-25-16(3)12-15(2)24-25)23-14-18-13-17-8-5-6-9-19(17)26-18;/h5-6,8-9,12-13H,4,7,10-11,14H2,1-3H3,(H2,21,22,23);1H. The first kappa shape index (κ1) is 21.3. The molecule has 0 bridgehead atoms. The number of guanidine groups is 1. The number of benzene rings is 1. The van der Waals surface area contributed by atoms with Crippen molar-refractivity contribution in [2.24, 2.45) is 4.99 Å². The molecule has 0 amide bonds. The van der Waals surface area contributed by atoms with Gasteiger partial charge in [-0.1, -0.05) is 18.2 Å². The van der Waals surface area contributed by atoms with Crippen molar-refractivity contribution >= 4 is 40.9 Å². The van der Waals surface area contributed by atoms with Crippen LogP contribution in [0.5, 0.6) is 0 Å². The average molecular weight is 481 g/mol. The maximum absolute atomic E-state index is 5.82. The summed E-state index contributed by atoms with van der Waals surface area (Å²) in [5.74, 6) is 1.67. The maximum Gasteiger partial charge on any atom is 0.191 e. The van der Waals surface area contributed by atoms with Gasteiger partial charge in [-0.15, -0.1) is 24.0 Å². The molecule has 0 saturated heterocycles. The second kappa shape index (κ2) is 10.3. The van der Waals surface area contributed by atoms with Crippen molar-refractivity contribution in [1.82, 2.24) is 20.4 Å². The minimum Gasteiger partial charge on any atom is -0.459 e. The lowest BCUT2D eigenvalue weighted by molar-refractivity contribution is 0.547. The van der Waals surface area contributed by atoms with E-state index in [0.29, 0.717) is 6.54 Å². The predicted molar refractivity (Wildman–Crippen MR) is 121 cm³/mol. The second-order valence-corrected chi connectivity index (χ2v) is 6.38. The Bertz CT molecular complexity index is 851. The number of furan rings is 1.